The number of aryl methyl sites for hydroxylation is 1. The number of amides is 1. The summed E-state index contributed by atoms with van der Waals surface area (Å²) in [6, 6.07) is 12.8. The van der Waals surface area contributed by atoms with Crippen LogP contribution in [0.4, 0.5) is 4.39 Å². The Labute approximate surface area is 168 Å². The molecule has 0 atom stereocenters. The van der Waals surface area contributed by atoms with Crippen molar-refractivity contribution < 1.29 is 9.18 Å². The second-order valence-corrected chi connectivity index (χ2v) is 6.64. The second-order valence-electron chi connectivity index (χ2n) is 6.64. The van der Waals surface area contributed by atoms with Crippen molar-refractivity contribution in [2.24, 2.45) is 5.10 Å². The second kappa shape index (κ2) is 9.23. The van der Waals surface area contributed by atoms with Gasteiger partial charge in [0.1, 0.15) is 5.82 Å². The van der Waals surface area contributed by atoms with E-state index in [4.69, 9.17) is 0 Å². The molecule has 3 aromatic rings. The maximum absolute atomic E-state index is 13.2. The minimum Gasteiger partial charge on any atom is -0.267 e. The smallest absolute Gasteiger partial charge is 0.267 e. The van der Waals surface area contributed by atoms with Crippen LogP contribution in [0, 0.1) is 5.82 Å². The third kappa shape index (κ3) is 4.56. The van der Waals surface area contributed by atoms with Gasteiger partial charge in [0.25, 0.3) is 11.5 Å². The minimum absolute atomic E-state index is 0.148. The van der Waals surface area contributed by atoms with Crippen LogP contribution in [0.2, 0.25) is 0 Å². The molecule has 1 aromatic heterocycles. The first-order valence-corrected chi connectivity index (χ1v) is 9.67. The van der Waals surface area contributed by atoms with E-state index < -0.39 is 5.91 Å². The summed E-state index contributed by atoms with van der Waals surface area (Å²) in [5.74, 6) is -0.835. The van der Waals surface area contributed by atoms with Crippen LogP contribution in [0.25, 0.3) is 10.8 Å². The third-order valence-corrected chi connectivity index (χ3v) is 4.61. The first kappa shape index (κ1) is 20.4. The van der Waals surface area contributed by atoms with E-state index in [-0.39, 0.29) is 17.1 Å². The van der Waals surface area contributed by atoms with Crippen LogP contribution in [0.3, 0.4) is 0 Å². The Morgan fingerprint density at radius 1 is 1.10 bits per heavy atom. The van der Waals surface area contributed by atoms with Crippen LogP contribution in [0.1, 0.15) is 49.2 Å². The zero-order chi connectivity index (χ0) is 20.8. The number of hydrogen-bond acceptors (Lipinski definition) is 4. The molecule has 0 bridgehead atoms. The average molecular weight is 394 g/mol. The van der Waals surface area contributed by atoms with Crippen LogP contribution in [-0.4, -0.2) is 21.4 Å². The van der Waals surface area contributed by atoms with Gasteiger partial charge in [-0.2, -0.15) is 10.2 Å². The van der Waals surface area contributed by atoms with Crippen LogP contribution in [-0.2, 0) is 6.54 Å². The van der Waals surface area contributed by atoms with Crippen molar-refractivity contribution in [2.45, 2.75) is 39.7 Å². The Balaban J connectivity index is 1.96. The van der Waals surface area contributed by atoms with E-state index in [2.05, 4.69) is 15.6 Å². The fraction of sp³-hybridized carbons (Fsp3) is 0.273. The third-order valence-electron chi connectivity index (χ3n) is 4.61. The number of hydrazone groups is 1. The lowest BCUT2D eigenvalue weighted by molar-refractivity contribution is 0.0949. The van der Waals surface area contributed by atoms with Crippen molar-refractivity contribution in [2.75, 3.05) is 0 Å². The van der Waals surface area contributed by atoms with E-state index in [1.807, 2.05) is 13.8 Å². The molecule has 0 saturated heterocycles. The maximum atomic E-state index is 13.2. The van der Waals surface area contributed by atoms with Gasteiger partial charge in [0, 0.05) is 11.9 Å². The zero-order valence-corrected chi connectivity index (χ0v) is 16.5. The van der Waals surface area contributed by atoms with Gasteiger partial charge in [0.15, 0.2) is 5.69 Å². The van der Waals surface area contributed by atoms with Crippen LogP contribution < -0.4 is 11.0 Å². The van der Waals surface area contributed by atoms with Gasteiger partial charge in [-0.25, -0.2) is 14.5 Å². The van der Waals surface area contributed by atoms with E-state index in [0.717, 1.165) is 18.4 Å². The molecular weight excluding hydrogens is 371 g/mol. The normalized spacial score (nSPS) is 11.6. The topological polar surface area (TPSA) is 76.3 Å². The molecule has 0 fully saturated rings. The molecule has 29 heavy (non-hydrogen) atoms. The molecule has 0 aliphatic carbocycles. The number of fused-ring (bicyclic) bond motifs is 1. The van der Waals surface area contributed by atoms with Gasteiger partial charge in [-0.1, -0.05) is 50.6 Å². The predicted molar refractivity (Wildman–Crippen MR) is 112 cm³/mol. The molecule has 1 N–H and O–H groups in total. The van der Waals surface area contributed by atoms with E-state index >= 15 is 0 Å². The van der Waals surface area contributed by atoms with E-state index in [1.165, 1.54) is 16.8 Å². The lowest BCUT2D eigenvalue weighted by Gasteiger charge is -2.10. The highest BCUT2D eigenvalue weighted by atomic mass is 19.1. The van der Waals surface area contributed by atoms with Crippen LogP contribution in [0.5, 0.6) is 0 Å². The molecule has 0 aliphatic heterocycles. The minimum atomic E-state index is -0.500. The van der Waals surface area contributed by atoms with Crippen molar-refractivity contribution in [3.05, 3.63) is 76.0 Å². The quantitative estimate of drug-likeness (QED) is 0.488. The van der Waals surface area contributed by atoms with Gasteiger partial charge in [0.2, 0.25) is 0 Å². The largest absolute Gasteiger partial charge is 0.292 e. The number of carbonyl (C=O) groups is 1. The highest BCUT2D eigenvalue weighted by Gasteiger charge is 2.16. The SMILES string of the molecule is CCCCn1nc(C(=O)N/N=C(/CC)c2ccc(F)cc2)c2ccccc2c1=O. The number of nitrogens with one attached hydrogen (secondary N) is 1. The van der Waals surface area contributed by atoms with Gasteiger partial charge in [-0.05, 0) is 36.6 Å². The molecule has 6 nitrogen and oxygen atoms in total. The molecule has 0 unspecified atom stereocenters. The summed E-state index contributed by atoms with van der Waals surface area (Å²) in [6.07, 6.45) is 2.25. The lowest BCUT2D eigenvalue weighted by Crippen LogP contribution is -2.29. The number of hydrogen-bond donors (Lipinski definition) is 1. The molecule has 0 radical (unpaired) electrons. The Hall–Kier alpha value is -3.35. The molecule has 0 aliphatic rings. The Morgan fingerprint density at radius 2 is 1.79 bits per heavy atom. The number of benzene rings is 2. The Morgan fingerprint density at radius 3 is 2.45 bits per heavy atom. The lowest BCUT2D eigenvalue weighted by atomic mass is 10.1. The number of aromatic nitrogens is 2. The van der Waals surface area contributed by atoms with Gasteiger partial charge in [-0.15, -0.1) is 0 Å². The number of rotatable bonds is 7. The van der Waals surface area contributed by atoms with Gasteiger partial charge in [0.05, 0.1) is 11.1 Å². The number of nitrogens with zero attached hydrogens (tertiary/aromatic N) is 3. The molecule has 1 heterocycles. The monoisotopic (exact) mass is 394 g/mol. The van der Waals surface area contributed by atoms with Gasteiger partial charge < -0.3 is 0 Å². The van der Waals surface area contributed by atoms with E-state index in [1.54, 1.807) is 36.4 Å². The predicted octanol–water partition coefficient (Wildman–Crippen LogP) is 3.88. The molecule has 3 rings (SSSR count). The Kier molecular flexibility index (Phi) is 6.49. The molecule has 150 valence electrons. The Bertz CT molecular complexity index is 1100. The fourth-order valence-electron chi connectivity index (χ4n) is 3.02. The van der Waals surface area contributed by atoms with Crippen molar-refractivity contribution in [1.82, 2.24) is 15.2 Å². The summed E-state index contributed by atoms with van der Waals surface area (Å²) in [5.41, 5.74) is 3.80. The highest BCUT2D eigenvalue weighted by Crippen LogP contribution is 2.14. The summed E-state index contributed by atoms with van der Waals surface area (Å²) in [6.45, 7) is 4.36. The van der Waals surface area contributed by atoms with Crippen molar-refractivity contribution in [3.63, 3.8) is 0 Å². The summed E-state index contributed by atoms with van der Waals surface area (Å²) < 4.78 is 14.5. The maximum Gasteiger partial charge on any atom is 0.292 e. The van der Waals surface area contributed by atoms with Gasteiger partial charge in [-0.3, -0.25) is 9.59 Å². The van der Waals surface area contributed by atoms with Crippen LogP contribution >= 0.6 is 0 Å². The average Bonchev–Trinajstić information content (AvgIpc) is 2.75. The molecule has 7 heteroatoms. The van der Waals surface area contributed by atoms with Crippen LogP contribution in [0.15, 0.2) is 58.4 Å². The van der Waals surface area contributed by atoms with Crippen molar-refractivity contribution in [3.8, 4) is 0 Å². The molecule has 1 amide bonds. The van der Waals surface area contributed by atoms with E-state index in [0.29, 0.717) is 29.4 Å². The number of halogens is 1. The molecule has 2 aromatic carbocycles. The standard InChI is InChI=1S/C22H23FN4O2/c1-3-5-14-27-22(29)18-9-7-6-8-17(18)20(26-27)21(28)25-24-19(4-2)15-10-12-16(23)13-11-15/h6-13H,3-5,14H2,1-2H3,(H,25,28)/b24-19-. The van der Waals surface area contributed by atoms with Gasteiger partial charge >= 0.3 is 0 Å². The number of carbonyl (C=O) groups excluding carboxylic acids is 1. The summed E-state index contributed by atoms with van der Waals surface area (Å²) >= 11 is 0. The summed E-state index contributed by atoms with van der Waals surface area (Å²) in [7, 11) is 0. The zero-order valence-electron chi connectivity index (χ0n) is 16.5. The van der Waals surface area contributed by atoms with Crippen molar-refractivity contribution >= 4 is 22.4 Å². The number of unbranched alkanes of at least 4 members (excludes halogenated alkanes) is 1. The molecular formula is C22H23FN4O2. The first-order valence-electron chi connectivity index (χ1n) is 9.67. The fourth-order valence-corrected chi connectivity index (χ4v) is 3.02. The summed E-state index contributed by atoms with van der Waals surface area (Å²) in [4.78, 5) is 25.5. The highest BCUT2D eigenvalue weighted by molar-refractivity contribution is 6.06. The van der Waals surface area contributed by atoms with E-state index in [9.17, 15) is 14.0 Å². The summed E-state index contributed by atoms with van der Waals surface area (Å²) in [5, 5.41) is 9.44. The first-order chi connectivity index (χ1) is 14.0. The molecule has 0 spiro atoms. The molecule has 0 saturated carbocycles. The van der Waals surface area contributed by atoms with Crippen molar-refractivity contribution in [1.29, 1.82) is 0 Å².